The van der Waals surface area contributed by atoms with Crippen LogP contribution in [0.4, 0.5) is 4.39 Å². The van der Waals surface area contributed by atoms with E-state index in [0.717, 1.165) is 11.1 Å². The van der Waals surface area contributed by atoms with Crippen LogP contribution in [0.5, 0.6) is 11.5 Å². The van der Waals surface area contributed by atoms with Crippen molar-refractivity contribution in [3.05, 3.63) is 58.9 Å². The van der Waals surface area contributed by atoms with E-state index in [-0.39, 0.29) is 29.6 Å². The molecule has 2 aliphatic heterocycles. The summed E-state index contributed by atoms with van der Waals surface area (Å²) >= 11 is 1.55. The Kier molecular flexibility index (Phi) is 4.89. The second kappa shape index (κ2) is 7.35. The zero-order valence-electron chi connectivity index (χ0n) is 15.4. The highest BCUT2D eigenvalue weighted by Crippen LogP contribution is 2.52. The smallest absolute Gasteiger partial charge is 0.260 e. The van der Waals surface area contributed by atoms with Crippen LogP contribution in [0.3, 0.4) is 0 Å². The molecule has 0 unspecified atom stereocenters. The Balaban J connectivity index is 1.54. The number of nitrogens with zero attached hydrogens (tertiary/aromatic N) is 1. The summed E-state index contributed by atoms with van der Waals surface area (Å²) in [6, 6.07) is 8.99. The van der Waals surface area contributed by atoms with Gasteiger partial charge in [-0.25, -0.2) is 4.39 Å². The standard InChI is InChI=1S/C20H19FN2O4S/c1-26-15-8-7-13-16(17(15)27-2)19(25)23-14(10-28-20(13)23)18(24)22-9-11-3-5-12(21)6-4-11/h3-8,14,20H,9-10H2,1-2H3,(H,22,24)/t14-,20+/m1/s1. The second-order valence-corrected chi connectivity index (χ2v) is 7.64. The van der Waals surface area contributed by atoms with Crippen LogP contribution >= 0.6 is 11.8 Å². The summed E-state index contributed by atoms with van der Waals surface area (Å²) in [5, 5.41) is 2.63. The molecule has 0 aromatic heterocycles. The fraction of sp³-hybridized carbons (Fsp3) is 0.300. The van der Waals surface area contributed by atoms with Gasteiger partial charge in [0.15, 0.2) is 11.5 Å². The van der Waals surface area contributed by atoms with Crippen LogP contribution in [0, 0.1) is 5.82 Å². The third-order valence-electron chi connectivity index (χ3n) is 4.98. The lowest BCUT2D eigenvalue weighted by atomic mass is 10.1. The molecule has 2 amide bonds. The van der Waals surface area contributed by atoms with Gasteiger partial charge in [0.05, 0.1) is 19.8 Å². The summed E-state index contributed by atoms with van der Waals surface area (Å²) < 4.78 is 23.7. The van der Waals surface area contributed by atoms with Crippen molar-refractivity contribution in [2.24, 2.45) is 0 Å². The van der Waals surface area contributed by atoms with Crippen LogP contribution in [0.2, 0.25) is 0 Å². The van der Waals surface area contributed by atoms with Crippen LogP contribution < -0.4 is 14.8 Å². The van der Waals surface area contributed by atoms with E-state index in [9.17, 15) is 14.0 Å². The monoisotopic (exact) mass is 402 g/mol. The van der Waals surface area contributed by atoms with E-state index in [1.54, 1.807) is 34.9 Å². The number of thioether (sulfide) groups is 1. The SMILES string of the molecule is COc1ccc2c(c1OC)C(=O)N1[C@@H](C(=O)NCc3ccc(F)cc3)CS[C@@H]21. The molecule has 1 saturated heterocycles. The molecule has 1 fully saturated rings. The Hall–Kier alpha value is -2.74. The summed E-state index contributed by atoms with van der Waals surface area (Å²) in [7, 11) is 3.01. The first-order chi connectivity index (χ1) is 13.5. The normalized spacial score (nSPS) is 20.0. The topological polar surface area (TPSA) is 67.9 Å². The van der Waals surface area contributed by atoms with Gasteiger partial charge in [0, 0.05) is 17.9 Å². The molecule has 2 aromatic rings. The summed E-state index contributed by atoms with van der Waals surface area (Å²) in [5.41, 5.74) is 2.08. The molecular weight excluding hydrogens is 383 g/mol. The minimum atomic E-state index is -0.578. The van der Waals surface area contributed by atoms with Crippen molar-refractivity contribution in [3.8, 4) is 11.5 Å². The first-order valence-electron chi connectivity index (χ1n) is 8.76. The van der Waals surface area contributed by atoms with Gasteiger partial charge in [-0.3, -0.25) is 9.59 Å². The van der Waals surface area contributed by atoms with Crippen molar-refractivity contribution >= 4 is 23.6 Å². The number of hydrogen-bond donors (Lipinski definition) is 1. The molecule has 146 valence electrons. The van der Waals surface area contributed by atoms with Crippen molar-refractivity contribution in [1.29, 1.82) is 0 Å². The lowest BCUT2D eigenvalue weighted by Crippen LogP contribution is -2.45. The van der Waals surface area contributed by atoms with E-state index >= 15 is 0 Å². The van der Waals surface area contributed by atoms with Gasteiger partial charge in [0.1, 0.15) is 17.2 Å². The molecule has 2 aliphatic rings. The van der Waals surface area contributed by atoms with Crippen molar-refractivity contribution < 1.29 is 23.5 Å². The van der Waals surface area contributed by atoms with Crippen molar-refractivity contribution in [3.63, 3.8) is 0 Å². The lowest BCUT2D eigenvalue weighted by molar-refractivity contribution is -0.124. The minimum Gasteiger partial charge on any atom is -0.493 e. The number of nitrogens with one attached hydrogen (secondary N) is 1. The molecule has 2 atom stereocenters. The number of ether oxygens (including phenoxy) is 2. The van der Waals surface area contributed by atoms with Crippen LogP contribution in [0.25, 0.3) is 0 Å². The number of carbonyl (C=O) groups excluding carboxylic acids is 2. The summed E-state index contributed by atoms with van der Waals surface area (Å²) in [6.07, 6.45) is 0. The molecule has 6 nitrogen and oxygen atoms in total. The molecule has 8 heteroatoms. The number of benzene rings is 2. The Labute approximate surface area is 166 Å². The molecule has 0 bridgehead atoms. The minimum absolute atomic E-state index is 0.219. The molecule has 2 heterocycles. The third-order valence-corrected chi connectivity index (χ3v) is 6.28. The van der Waals surface area contributed by atoms with Crippen LogP contribution in [0.15, 0.2) is 36.4 Å². The number of amides is 2. The first-order valence-corrected chi connectivity index (χ1v) is 9.81. The average Bonchev–Trinajstić information content (AvgIpc) is 3.26. The molecule has 28 heavy (non-hydrogen) atoms. The van der Waals surface area contributed by atoms with Gasteiger partial charge in [-0.05, 0) is 23.8 Å². The van der Waals surface area contributed by atoms with E-state index in [1.165, 1.54) is 26.4 Å². The summed E-state index contributed by atoms with van der Waals surface area (Å²) in [4.78, 5) is 27.5. The molecular formula is C20H19FN2O4S. The van der Waals surface area contributed by atoms with Gasteiger partial charge >= 0.3 is 0 Å². The molecule has 1 N–H and O–H groups in total. The fourth-order valence-electron chi connectivity index (χ4n) is 3.60. The van der Waals surface area contributed by atoms with E-state index in [4.69, 9.17) is 9.47 Å². The number of rotatable bonds is 5. The van der Waals surface area contributed by atoms with Crippen LogP contribution in [-0.2, 0) is 11.3 Å². The fourth-order valence-corrected chi connectivity index (χ4v) is 5.06. The van der Waals surface area contributed by atoms with Crippen LogP contribution in [0.1, 0.15) is 26.9 Å². The van der Waals surface area contributed by atoms with Gasteiger partial charge in [0.2, 0.25) is 5.91 Å². The van der Waals surface area contributed by atoms with Gasteiger partial charge < -0.3 is 19.7 Å². The molecule has 0 spiro atoms. The molecule has 0 aliphatic carbocycles. The van der Waals surface area contributed by atoms with E-state index in [1.807, 2.05) is 6.07 Å². The number of hydrogen-bond acceptors (Lipinski definition) is 5. The van der Waals surface area contributed by atoms with Gasteiger partial charge in [0.25, 0.3) is 5.91 Å². The molecule has 0 saturated carbocycles. The molecule has 0 radical (unpaired) electrons. The maximum Gasteiger partial charge on any atom is 0.260 e. The highest BCUT2D eigenvalue weighted by molar-refractivity contribution is 7.99. The van der Waals surface area contributed by atoms with Gasteiger partial charge in [-0.15, -0.1) is 11.8 Å². The Bertz CT molecular complexity index is 935. The first kappa shape index (κ1) is 18.6. The predicted molar refractivity (Wildman–Crippen MR) is 103 cm³/mol. The van der Waals surface area contributed by atoms with Crippen molar-refractivity contribution in [2.45, 2.75) is 18.0 Å². The zero-order valence-corrected chi connectivity index (χ0v) is 16.2. The Morgan fingerprint density at radius 3 is 2.64 bits per heavy atom. The predicted octanol–water partition coefficient (Wildman–Crippen LogP) is 2.73. The Morgan fingerprint density at radius 1 is 1.21 bits per heavy atom. The summed E-state index contributed by atoms with van der Waals surface area (Å²) in [5.74, 6) is 0.604. The van der Waals surface area contributed by atoms with Crippen molar-refractivity contribution in [1.82, 2.24) is 10.2 Å². The number of carbonyl (C=O) groups is 2. The highest BCUT2D eigenvalue weighted by Gasteiger charge is 2.50. The van der Waals surface area contributed by atoms with E-state index in [0.29, 0.717) is 22.8 Å². The number of fused-ring (bicyclic) bond motifs is 3. The third kappa shape index (κ3) is 2.97. The zero-order chi connectivity index (χ0) is 19.8. The number of methoxy groups -OCH3 is 2. The average molecular weight is 402 g/mol. The Morgan fingerprint density at radius 2 is 1.96 bits per heavy atom. The molecule has 4 rings (SSSR count). The highest BCUT2D eigenvalue weighted by atomic mass is 32.2. The van der Waals surface area contributed by atoms with Crippen molar-refractivity contribution in [2.75, 3.05) is 20.0 Å². The van der Waals surface area contributed by atoms with E-state index in [2.05, 4.69) is 5.32 Å². The van der Waals surface area contributed by atoms with Gasteiger partial charge in [-0.1, -0.05) is 18.2 Å². The second-order valence-electron chi connectivity index (χ2n) is 6.52. The number of halogens is 1. The summed E-state index contributed by atoms with van der Waals surface area (Å²) in [6.45, 7) is 0.275. The quantitative estimate of drug-likeness (QED) is 0.833. The molecule has 2 aromatic carbocycles. The largest absolute Gasteiger partial charge is 0.493 e. The van der Waals surface area contributed by atoms with Gasteiger partial charge in [-0.2, -0.15) is 0 Å². The maximum absolute atomic E-state index is 13.1. The van der Waals surface area contributed by atoms with E-state index < -0.39 is 6.04 Å². The maximum atomic E-state index is 13.1. The van der Waals surface area contributed by atoms with Crippen LogP contribution in [-0.4, -0.2) is 42.7 Å². The lowest BCUT2D eigenvalue weighted by Gasteiger charge is -2.22.